The van der Waals surface area contributed by atoms with Crippen molar-refractivity contribution in [3.05, 3.63) is 17.0 Å². The van der Waals surface area contributed by atoms with Crippen LogP contribution in [0.3, 0.4) is 0 Å². The summed E-state index contributed by atoms with van der Waals surface area (Å²) >= 11 is 0. The van der Waals surface area contributed by atoms with Crippen molar-refractivity contribution in [3.8, 4) is 0 Å². The van der Waals surface area contributed by atoms with Gasteiger partial charge in [-0.05, 0) is 40.5 Å². The molecule has 0 radical (unpaired) electrons. The van der Waals surface area contributed by atoms with Crippen LogP contribution in [0.1, 0.15) is 49.7 Å². The zero-order valence-electron chi connectivity index (χ0n) is 13.2. The number of likely N-dealkylation sites (tertiary alicyclic amines) is 1. The van der Waals surface area contributed by atoms with E-state index in [1.807, 2.05) is 30.5 Å². The largest absolute Gasteiger partial charge is 0.341 e. The van der Waals surface area contributed by atoms with Crippen molar-refractivity contribution in [2.45, 2.75) is 52.6 Å². The zero-order valence-corrected chi connectivity index (χ0v) is 13.2. The lowest BCUT2D eigenvalue weighted by Gasteiger charge is -2.24. The van der Waals surface area contributed by atoms with Crippen LogP contribution in [0.4, 0.5) is 0 Å². The van der Waals surface area contributed by atoms with Gasteiger partial charge < -0.3 is 4.90 Å². The lowest BCUT2D eigenvalue weighted by Crippen LogP contribution is -2.44. The van der Waals surface area contributed by atoms with Crippen molar-refractivity contribution in [1.29, 1.82) is 0 Å². The van der Waals surface area contributed by atoms with Crippen molar-refractivity contribution >= 4 is 5.91 Å². The van der Waals surface area contributed by atoms with Gasteiger partial charge >= 0.3 is 0 Å². The average Bonchev–Trinajstić information content (AvgIpc) is 2.98. The fourth-order valence-corrected chi connectivity index (χ4v) is 3.16. The number of carbonyl (C=O) groups excluding carboxylic acids is 1. The van der Waals surface area contributed by atoms with Gasteiger partial charge in [-0.25, -0.2) is 0 Å². The van der Waals surface area contributed by atoms with Crippen LogP contribution < -0.4 is 5.32 Å². The minimum atomic E-state index is -0.151. The highest BCUT2D eigenvalue weighted by atomic mass is 16.2. The van der Waals surface area contributed by atoms with Crippen LogP contribution in [-0.2, 0) is 11.8 Å². The summed E-state index contributed by atoms with van der Waals surface area (Å²) in [7, 11) is 1.96. The van der Waals surface area contributed by atoms with Crippen LogP contribution in [0.15, 0.2) is 0 Å². The maximum Gasteiger partial charge on any atom is 0.239 e. The van der Waals surface area contributed by atoms with E-state index in [0.29, 0.717) is 0 Å². The van der Waals surface area contributed by atoms with Gasteiger partial charge in [-0.15, -0.1) is 0 Å². The molecule has 0 bridgehead atoms. The Morgan fingerprint density at radius 3 is 2.35 bits per heavy atom. The smallest absolute Gasteiger partial charge is 0.239 e. The lowest BCUT2D eigenvalue weighted by atomic mass is 10.1. The van der Waals surface area contributed by atoms with Crippen molar-refractivity contribution < 1.29 is 4.79 Å². The quantitative estimate of drug-likeness (QED) is 0.912. The predicted octanol–water partition coefficient (Wildman–Crippen LogP) is 1.70. The van der Waals surface area contributed by atoms with E-state index >= 15 is 0 Å². The van der Waals surface area contributed by atoms with Crippen molar-refractivity contribution in [2.24, 2.45) is 7.05 Å². The Labute approximate surface area is 121 Å². The molecule has 1 N–H and O–H groups in total. The number of amides is 1. The Balaban J connectivity index is 2.03. The lowest BCUT2D eigenvalue weighted by molar-refractivity contribution is -0.132. The summed E-state index contributed by atoms with van der Waals surface area (Å²) in [6.07, 6.45) is 2.27. The molecule has 1 saturated heterocycles. The molecule has 2 heterocycles. The average molecular weight is 278 g/mol. The van der Waals surface area contributed by atoms with E-state index in [-0.39, 0.29) is 18.0 Å². The van der Waals surface area contributed by atoms with Crippen molar-refractivity contribution in [3.63, 3.8) is 0 Å². The van der Waals surface area contributed by atoms with Crippen LogP contribution in [0.2, 0.25) is 0 Å². The SMILES string of the molecule is Cc1nn(C)c(C)c1C(C)NC(C)C(=O)N1CCCC1. The Kier molecular flexibility index (Phi) is 4.48. The second kappa shape index (κ2) is 5.95. The van der Waals surface area contributed by atoms with Gasteiger partial charge in [0, 0.05) is 37.4 Å². The van der Waals surface area contributed by atoms with E-state index in [0.717, 1.165) is 37.3 Å². The summed E-state index contributed by atoms with van der Waals surface area (Å²) in [5.41, 5.74) is 3.39. The molecule has 2 unspecified atom stereocenters. The number of hydrogen-bond acceptors (Lipinski definition) is 3. The molecule has 0 aromatic carbocycles. The molecule has 0 spiro atoms. The molecule has 1 aromatic rings. The van der Waals surface area contributed by atoms with E-state index in [2.05, 4.69) is 24.3 Å². The highest BCUT2D eigenvalue weighted by molar-refractivity contribution is 5.81. The van der Waals surface area contributed by atoms with E-state index in [1.165, 1.54) is 5.56 Å². The number of hydrogen-bond donors (Lipinski definition) is 1. The predicted molar refractivity (Wildman–Crippen MR) is 79.5 cm³/mol. The molecule has 1 amide bonds. The molecule has 5 nitrogen and oxygen atoms in total. The van der Waals surface area contributed by atoms with Crippen molar-refractivity contribution in [1.82, 2.24) is 20.0 Å². The number of aromatic nitrogens is 2. The molecule has 0 aliphatic carbocycles. The Hall–Kier alpha value is -1.36. The molecule has 112 valence electrons. The highest BCUT2D eigenvalue weighted by Gasteiger charge is 2.25. The first kappa shape index (κ1) is 15.0. The Bertz CT molecular complexity index is 488. The third-order valence-corrected chi connectivity index (χ3v) is 4.29. The van der Waals surface area contributed by atoms with Gasteiger partial charge in [0.25, 0.3) is 0 Å². The minimum absolute atomic E-state index is 0.130. The second-order valence-corrected chi connectivity index (χ2v) is 5.85. The number of rotatable bonds is 4. The summed E-state index contributed by atoms with van der Waals surface area (Å²) in [6.45, 7) is 9.96. The molecule has 0 saturated carbocycles. The van der Waals surface area contributed by atoms with E-state index in [1.54, 1.807) is 0 Å². The standard InChI is InChI=1S/C15H26N4O/c1-10(14-11(2)17-18(5)13(14)4)16-12(3)15(20)19-8-6-7-9-19/h10,12,16H,6-9H2,1-5H3. The first-order chi connectivity index (χ1) is 9.41. The first-order valence-electron chi connectivity index (χ1n) is 7.46. The van der Waals surface area contributed by atoms with E-state index < -0.39 is 0 Å². The monoisotopic (exact) mass is 278 g/mol. The number of carbonyl (C=O) groups is 1. The van der Waals surface area contributed by atoms with Gasteiger partial charge in [-0.2, -0.15) is 5.10 Å². The van der Waals surface area contributed by atoms with Crippen LogP contribution in [0, 0.1) is 13.8 Å². The zero-order chi connectivity index (χ0) is 14.9. The number of nitrogens with zero attached hydrogens (tertiary/aromatic N) is 3. The molecule has 1 aliphatic heterocycles. The van der Waals surface area contributed by atoms with Gasteiger partial charge in [0.05, 0.1) is 11.7 Å². The van der Waals surface area contributed by atoms with Gasteiger partial charge in [0.1, 0.15) is 0 Å². The molecule has 1 aliphatic rings. The molecular weight excluding hydrogens is 252 g/mol. The van der Waals surface area contributed by atoms with Crippen LogP contribution in [0.5, 0.6) is 0 Å². The van der Waals surface area contributed by atoms with Crippen LogP contribution in [0.25, 0.3) is 0 Å². The summed E-state index contributed by atoms with van der Waals surface area (Å²) in [5, 5.41) is 7.87. The number of nitrogens with one attached hydrogen (secondary N) is 1. The highest BCUT2D eigenvalue weighted by Crippen LogP contribution is 2.21. The van der Waals surface area contributed by atoms with E-state index in [9.17, 15) is 4.79 Å². The fourth-order valence-electron chi connectivity index (χ4n) is 3.16. The van der Waals surface area contributed by atoms with Crippen LogP contribution >= 0.6 is 0 Å². The van der Waals surface area contributed by atoms with Gasteiger partial charge in [0.2, 0.25) is 5.91 Å². The molecule has 1 aromatic heterocycles. The minimum Gasteiger partial charge on any atom is -0.341 e. The Morgan fingerprint density at radius 2 is 1.85 bits per heavy atom. The summed E-state index contributed by atoms with van der Waals surface area (Å²) in [6, 6.07) is -0.0210. The molecule has 20 heavy (non-hydrogen) atoms. The molecule has 2 rings (SSSR count). The van der Waals surface area contributed by atoms with Gasteiger partial charge in [0.15, 0.2) is 0 Å². The third-order valence-electron chi connectivity index (χ3n) is 4.29. The molecule has 2 atom stereocenters. The normalized spacial score (nSPS) is 18.4. The second-order valence-electron chi connectivity index (χ2n) is 5.85. The van der Waals surface area contributed by atoms with Gasteiger partial charge in [-0.1, -0.05) is 0 Å². The maximum atomic E-state index is 12.3. The summed E-state index contributed by atoms with van der Waals surface area (Å²) < 4.78 is 1.90. The summed E-state index contributed by atoms with van der Waals surface area (Å²) in [5.74, 6) is 0.216. The fraction of sp³-hybridized carbons (Fsp3) is 0.733. The van der Waals surface area contributed by atoms with Crippen LogP contribution in [-0.4, -0.2) is 39.7 Å². The first-order valence-corrected chi connectivity index (χ1v) is 7.46. The topological polar surface area (TPSA) is 50.2 Å². The van der Waals surface area contributed by atoms with Crippen molar-refractivity contribution in [2.75, 3.05) is 13.1 Å². The third kappa shape index (κ3) is 2.87. The molecular formula is C15H26N4O. The maximum absolute atomic E-state index is 12.3. The molecule has 1 fully saturated rings. The van der Waals surface area contributed by atoms with E-state index in [4.69, 9.17) is 0 Å². The summed E-state index contributed by atoms with van der Waals surface area (Å²) in [4.78, 5) is 14.3. The number of aryl methyl sites for hydroxylation is 2. The Morgan fingerprint density at radius 1 is 1.25 bits per heavy atom. The van der Waals surface area contributed by atoms with Gasteiger partial charge in [-0.3, -0.25) is 14.8 Å². The molecule has 5 heteroatoms.